The van der Waals surface area contributed by atoms with Crippen molar-refractivity contribution in [3.63, 3.8) is 0 Å². The molecule has 1 aliphatic heterocycles. The van der Waals surface area contributed by atoms with Gasteiger partial charge in [-0.1, -0.05) is 104 Å². The van der Waals surface area contributed by atoms with Gasteiger partial charge < -0.3 is 4.74 Å². The molecule has 1 aliphatic carbocycles. The molecule has 0 aromatic heterocycles. The van der Waals surface area contributed by atoms with Crippen molar-refractivity contribution in [2.45, 2.75) is 79.4 Å². The molecule has 32 heavy (non-hydrogen) atoms. The van der Waals surface area contributed by atoms with Gasteiger partial charge in [0, 0.05) is 0 Å². The average molecular weight is 431 g/mol. The molecule has 2 unspecified atom stereocenters. The zero-order valence-corrected chi connectivity index (χ0v) is 21.2. The molecule has 0 spiro atoms. The highest BCUT2D eigenvalue weighted by Gasteiger charge is 2.47. The molecule has 1 heteroatoms. The predicted molar refractivity (Wildman–Crippen MR) is 142 cm³/mol. The zero-order valence-electron chi connectivity index (χ0n) is 21.2. The van der Waals surface area contributed by atoms with Crippen LogP contribution in [-0.4, -0.2) is 11.7 Å². The fraction of sp³-hybridized carbons (Fsp3) is 0.419. The van der Waals surface area contributed by atoms with Gasteiger partial charge in [-0.05, 0) is 76.5 Å². The number of hydrogen-bond donors (Lipinski definition) is 0. The van der Waals surface area contributed by atoms with E-state index < -0.39 is 0 Å². The number of fused-ring (bicyclic) bond motifs is 1. The molecule has 0 radical (unpaired) electrons. The Morgan fingerprint density at radius 3 is 1.97 bits per heavy atom. The van der Waals surface area contributed by atoms with E-state index >= 15 is 0 Å². The molecule has 0 bridgehead atoms. The van der Waals surface area contributed by atoms with Crippen molar-refractivity contribution >= 4 is 0 Å². The molecule has 1 heterocycles. The molecule has 1 saturated carbocycles. The molecule has 1 nitrogen and oxygen atoms in total. The summed E-state index contributed by atoms with van der Waals surface area (Å²) in [6.07, 6.45) is 29.0. The molecule has 2 aliphatic rings. The number of hydrogen-bond acceptors (Lipinski definition) is 1. The van der Waals surface area contributed by atoms with Crippen molar-refractivity contribution in [2.75, 3.05) is 0 Å². The van der Waals surface area contributed by atoms with Crippen LogP contribution in [0.25, 0.3) is 0 Å². The first kappa shape index (κ1) is 25.9. The van der Waals surface area contributed by atoms with Gasteiger partial charge in [0.1, 0.15) is 0 Å². The van der Waals surface area contributed by atoms with Crippen LogP contribution in [0.5, 0.6) is 0 Å². The summed E-state index contributed by atoms with van der Waals surface area (Å²) < 4.78 is 6.52. The van der Waals surface area contributed by atoms with E-state index in [1.54, 1.807) is 0 Å². The predicted octanol–water partition coefficient (Wildman–Crippen LogP) is 8.92. The summed E-state index contributed by atoms with van der Waals surface area (Å²) in [7, 11) is 0. The van der Waals surface area contributed by atoms with Gasteiger partial charge in [0.25, 0.3) is 0 Å². The molecule has 0 aromatic carbocycles. The number of allylic oxidation sites excluding steroid dienone is 14. The Kier molecular flexibility index (Phi) is 9.28. The highest BCUT2D eigenvalue weighted by atomic mass is 16.5. The van der Waals surface area contributed by atoms with Crippen LogP contribution < -0.4 is 0 Å². The summed E-state index contributed by atoms with van der Waals surface area (Å²) in [5.74, 6) is 0. The fourth-order valence-electron chi connectivity index (χ4n) is 4.46. The van der Waals surface area contributed by atoms with Crippen LogP contribution in [-0.2, 0) is 4.74 Å². The minimum Gasteiger partial charge on any atom is -0.359 e. The number of ether oxygens (including phenoxy) is 1. The standard InChI is InChI=1S/C31H42O/c1-9-24(2)17-12-18-25(3)15-10-11-16-26(4)19-13-20-27(5)28-23-29-30(6,7)21-14-22-31(29,8)32-28/h9-13,15-20,23,28H,1,14,21-22H2,2-8H3. The van der Waals surface area contributed by atoms with Crippen molar-refractivity contribution in [2.24, 2.45) is 5.41 Å². The van der Waals surface area contributed by atoms with Crippen molar-refractivity contribution in [3.8, 4) is 0 Å². The van der Waals surface area contributed by atoms with Gasteiger partial charge in [-0.2, -0.15) is 0 Å². The molecule has 0 saturated heterocycles. The maximum Gasteiger partial charge on any atom is 0.0982 e. The molecule has 1 fully saturated rings. The zero-order chi connectivity index (χ0) is 23.8. The van der Waals surface area contributed by atoms with Gasteiger partial charge in [-0.3, -0.25) is 0 Å². The van der Waals surface area contributed by atoms with Gasteiger partial charge in [0.15, 0.2) is 0 Å². The molecule has 0 N–H and O–H groups in total. The minimum absolute atomic E-state index is 0.0898. The summed E-state index contributed by atoms with van der Waals surface area (Å²) in [4.78, 5) is 0. The lowest BCUT2D eigenvalue weighted by atomic mass is 9.67. The van der Waals surface area contributed by atoms with Crippen LogP contribution in [0.15, 0.2) is 107 Å². The van der Waals surface area contributed by atoms with Crippen molar-refractivity contribution < 1.29 is 4.74 Å². The third-order valence-electron chi connectivity index (χ3n) is 6.50. The van der Waals surface area contributed by atoms with Crippen LogP contribution in [0.2, 0.25) is 0 Å². The molecule has 2 atom stereocenters. The Bertz CT molecular complexity index is 924. The molecule has 0 amide bonds. The van der Waals surface area contributed by atoms with Crippen LogP contribution >= 0.6 is 0 Å². The summed E-state index contributed by atoms with van der Waals surface area (Å²) in [6.45, 7) is 19.2. The van der Waals surface area contributed by atoms with Gasteiger partial charge >= 0.3 is 0 Å². The first-order chi connectivity index (χ1) is 15.1. The Labute approximate surface area is 197 Å². The monoisotopic (exact) mass is 430 g/mol. The summed E-state index contributed by atoms with van der Waals surface area (Å²) in [5.41, 5.74) is 6.48. The first-order valence-electron chi connectivity index (χ1n) is 11.8. The largest absolute Gasteiger partial charge is 0.359 e. The molecular weight excluding hydrogens is 388 g/mol. The Balaban J connectivity index is 1.94. The lowest BCUT2D eigenvalue weighted by Crippen LogP contribution is -2.39. The number of rotatable bonds is 8. The lowest BCUT2D eigenvalue weighted by Gasteiger charge is -2.42. The highest BCUT2D eigenvalue weighted by Crippen LogP contribution is 2.51. The third-order valence-corrected chi connectivity index (χ3v) is 6.50. The lowest BCUT2D eigenvalue weighted by molar-refractivity contribution is -0.0307. The maximum atomic E-state index is 6.52. The summed E-state index contributed by atoms with van der Waals surface area (Å²) in [5, 5.41) is 0. The van der Waals surface area contributed by atoms with Crippen LogP contribution in [0.1, 0.15) is 67.7 Å². The van der Waals surface area contributed by atoms with Crippen LogP contribution in [0, 0.1) is 5.41 Å². The Hall–Kier alpha value is -2.38. The molecule has 2 rings (SSSR count). The second kappa shape index (κ2) is 11.5. The van der Waals surface area contributed by atoms with E-state index in [1.807, 2.05) is 13.0 Å². The molecule has 0 aromatic rings. The Morgan fingerprint density at radius 1 is 0.844 bits per heavy atom. The normalized spacial score (nSPS) is 27.5. The highest BCUT2D eigenvalue weighted by molar-refractivity contribution is 5.37. The topological polar surface area (TPSA) is 9.23 Å². The Morgan fingerprint density at radius 2 is 1.41 bits per heavy atom. The van der Waals surface area contributed by atoms with Crippen molar-refractivity contribution in [1.82, 2.24) is 0 Å². The van der Waals surface area contributed by atoms with E-state index in [0.29, 0.717) is 0 Å². The van der Waals surface area contributed by atoms with Crippen LogP contribution in [0.3, 0.4) is 0 Å². The van der Waals surface area contributed by atoms with E-state index in [4.69, 9.17) is 4.74 Å². The molecular formula is C31H42O. The van der Waals surface area contributed by atoms with Gasteiger partial charge in [0.05, 0.1) is 11.7 Å². The van der Waals surface area contributed by atoms with E-state index in [9.17, 15) is 0 Å². The first-order valence-corrected chi connectivity index (χ1v) is 11.8. The quantitative estimate of drug-likeness (QED) is 0.276. The van der Waals surface area contributed by atoms with Crippen molar-refractivity contribution in [1.29, 1.82) is 0 Å². The maximum absolute atomic E-state index is 6.52. The second-order valence-corrected chi connectivity index (χ2v) is 10.0. The van der Waals surface area contributed by atoms with Crippen LogP contribution in [0.4, 0.5) is 0 Å². The van der Waals surface area contributed by atoms with E-state index in [1.165, 1.54) is 35.1 Å². The van der Waals surface area contributed by atoms with E-state index in [2.05, 4.69) is 115 Å². The van der Waals surface area contributed by atoms with Crippen molar-refractivity contribution in [3.05, 3.63) is 107 Å². The average Bonchev–Trinajstić information content (AvgIpc) is 3.10. The summed E-state index contributed by atoms with van der Waals surface area (Å²) >= 11 is 0. The van der Waals surface area contributed by atoms with E-state index in [0.717, 1.165) is 12.0 Å². The fourth-order valence-corrected chi connectivity index (χ4v) is 4.46. The van der Waals surface area contributed by atoms with Gasteiger partial charge in [-0.15, -0.1) is 0 Å². The molecule has 172 valence electrons. The third kappa shape index (κ3) is 7.35. The smallest absolute Gasteiger partial charge is 0.0982 e. The minimum atomic E-state index is -0.0898. The van der Waals surface area contributed by atoms with Gasteiger partial charge in [0.2, 0.25) is 0 Å². The summed E-state index contributed by atoms with van der Waals surface area (Å²) in [6, 6.07) is 0. The van der Waals surface area contributed by atoms with E-state index in [-0.39, 0.29) is 17.1 Å². The SMILES string of the molecule is C=CC(C)=CC=CC(C)=CC=CC=C(C)C=CC=C(C)C1C=C2C(C)(C)CCCC2(C)O1. The second-order valence-electron chi connectivity index (χ2n) is 10.0. The van der Waals surface area contributed by atoms with Gasteiger partial charge in [-0.25, -0.2) is 0 Å².